The molecule has 0 amide bonds. The Bertz CT molecular complexity index is 378. The molecule has 0 saturated heterocycles. The van der Waals surface area contributed by atoms with Crippen molar-refractivity contribution in [1.82, 2.24) is 10.6 Å². The van der Waals surface area contributed by atoms with Crippen LogP contribution in [0.3, 0.4) is 0 Å². The molecule has 2 atom stereocenters. The van der Waals surface area contributed by atoms with Crippen molar-refractivity contribution in [2.75, 3.05) is 25.5 Å². The molecule has 0 aliphatic heterocycles. The van der Waals surface area contributed by atoms with Gasteiger partial charge in [-0.3, -0.25) is 20.7 Å². The molecule has 0 saturated carbocycles. The third-order valence-corrected chi connectivity index (χ3v) is 2.75. The van der Waals surface area contributed by atoms with Gasteiger partial charge in [0.1, 0.15) is 6.17 Å². The predicted octanol–water partition coefficient (Wildman–Crippen LogP) is 0.741. The van der Waals surface area contributed by atoms with Crippen LogP contribution in [0.25, 0.3) is 0 Å². The van der Waals surface area contributed by atoms with Gasteiger partial charge in [0, 0.05) is 23.9 Å². The van der Waals surface area contributed by atoms with Gasteiger partial charge >= 0.3 is 0 Å². The molecule has 1 aromatic rings. The van der Waals surface area contributed by atoms with Gasteiger partial charge in [-0.25, -0.2) is 0 Å². The van der Waals surface area contributed by atoms with Crippen molar-refractivity contribution in [3.8, 4) is 0 Å². The maximum atomic E-state index is 10.5. The third-order valence-electron chi connectivity index (χ3n) is 2.56. The highest BCUT2D eigenvalue weighted by molar-refractivity contribution is 6.18. The van der Waals surface area contributed by atoms with Gasteiger partial charge in [0.2, 0.25) is 6.54 Å². The number of benzene rings is 1. The van der Waals surface area contributed by atoms with Crippen LogP contribution in [-0.4, -0.2) is 41.7 Å². The Morgan fingerprint density at radius 2 is 2.00 bits per heavy atom. The number of halogens is 1. The second-order valence-electron chi connectivity index (χ2n) is 4.05. The fraction of sp³-hybridized carbons (Fsp3) is 0.500. The summed E-state index contributed by atoms with van der Waals surface area (Å²) in [5, 5.41) is 26.3. The number of rotatable bonds is 9. The van der Waals surface area contributed by atoms with Crippen molar-refractivity contribution in [3.63, 3.8) is 0 Å². The third kappa shape index (κ3) is 6.49. The van der Waals surface area contributed by atoms with E-state index in [9.17, 15) is 15.2 Å². The summed E-state index contributed by atoms with van der Waals surface area (Å²) in [6.45, 7) is 0.435. The fourth-order valence-electron chi connectivity index (χ4n) is 1.63. The first-order valence-electron chi connectivity index (χ1n) is 6.01. The van der Waals surface area contributed by atoms with Crippen LogP contribution in [0.5, 0.6) is 0 Å². The largest absolute Gasteiger partial charge is 0.387 e. The number of aliphatic hydroxyl groups excluding tert-OH is 1. The van der Waals surface area contributed by atoms with Crippen molar-refractivity contribution in [1.29, 1.82) is 0 Å². The molecule has 3 N–H and O–H groups in total. The lowest BCUT2D eigenvalue weighted by atomic mass is 10.1. The average molecular weight is 288 g/mol. The Hall–Kier alpha value is -1.21. The minimum Gasteiger partial charge on any atom is -0.387 e. The van der Waals surface area contributed by atoms with E-state index < -0.39 is 17.2 Å². The maximum absolute atomic E-state index is 10.5. The van der Waals surface area contributed by atoms with Gasteiger partial charge in [-0.05, 0) is 5.56 Å². The summed E-state index contributed by atoms with van der Waals surface area (Å²) >= 11 is 5.53. The number of nitrogens with one attached hydrogen (secondary N) is 2. The van der Waals surface area contributed by atoms with E-state index in [4.69, 9.17) is 11.6 Å². The zero-order chi connectivity index (χ0) is 14.1. The lowest BCUT2D eigenvalue weighted by molar-refractivity contribution is -0.484. The zero-order valence-electron chi connectivity index (χ0n) is 10.5. The van der Waals surface area contributed by atoms with Gasteiger partial charge in [-0.1, -0.05) is 30.3 Å². The van der Waals surface area contributed by atoms with E-state index in [1.165, 1.54) is 0 Å². The van der Waals surface area contributed by atoms with Crippen LogP contribution in [0.4, 0.5) is 0 Å². The molecule has 0 radical (unpaired) electrons. The lowest BCUT2D eigenvalue weighted by Gasteiger charge is -2.18. The summed E-state index contributed by atoms with van der Waals surface area (Å²) in [5.74, 6) is 0.372. The molecule has 0 bridgehead atoms. The minimum absolute atomic E-state index is 0.234. The normalized spacial score (nSPS) is 14.0. The van der Waals surface area contributed by atoms with Gasteiger partial charge in [-0.15, -0.1) is 11.6 Å². The van der Waals surface area contributed by atoms with Crippen molar-refractivity contribution in [2.24, 2.45) is 0 Å². The standard InChI is InChI=1S/C12H18ClN3O3/c13-6-7-14-12(9-16(18)19)15-8-11(17)10-4-2-1-3-5-10/h1-5,11-12,14-15,17H,6-9H2. The van der Waals surface area contributed by atoms with Crippen LogP contribution in [0.15, 0.2) is 30.3 Å². The van der Waals surface area contributed by atoms with Gasteiger partial charge in [0.05, 0.1) is 6.10 Å². The topological polar surface area (TPSA) is 87.4 Å². The molecule has 106 valence electrons. The van der Waals surface area contributed by atoms with Crippen molar-refractivity contribution in [3.05, 3.63) is 46.0 Å². The first kappa shape index (κ1) is 15.8. The highest BCUT2D eigenvalue weighted by atomic mass is 35.5. The smallest absolute Gasteiger partial charge is 0.231 e. The SMILES string of the molecule is O=[N+]([O-])CC(NCCCl)NCC(O)c1ccccc1. The molecule has 0 aliphatic carbocycles. The molecule has 19 heavy (non-hydrogen) atoms. The van der Waals surface area contributed by atoms with E-state index in [2.05, 4.69) is 10.6 Å². The number of nitro groups is 1. The minimum atomic E-state index is -0.701. The Kier molecular flexibility index (Phi) is 7.35. The van der Waals surface area contributed by atoms with E-state index >= 15 is 0 Å². The zero-order valence-corrected chi connectivity index (χ0v) is 11.2. The summed E-state index contributed by atoms with van der Waals surface area (Å²) in [6, 6.07) is 9.14. The van der Waals surface area contributed by atoms with E-state index in [1.54, 1.807) is 12.1 Å². The summed E-state index contributed by atoms with van der Waals surface area (Å²) in [5.41, 5.74) is 0.771. The summed E-state index contributed by atoms with van der Waals surface area (Å²) in [6.07, 6.45) is -1.21. The molecule has 7 heteroatoms. The van der Waals surface area contributed by atoms with Gasteiger partial charge < -0.3 is 5.11 Å². The molecule has 2 unspecified atom stereocenters. The van der Waals surface area contributed by atoms with Gasteiger partial charge in [0.25, 0.3) is 0 Å². The maximum Gasteiger partial charge on any atom is 0.231 e. The van der Waals surface area contributed by atoms with Crippen molar-refractivity contribution < 1.29 is 10.0 Å². The molecular weight excluding hydrogens is 270 g/mol. The first-order valence-corrected chi connectivity index (χ1v) is 6.54. The van der Waals surface area contributed by atoms with E-state index in [1.807, 2.05) is 18.2 Å². The Morgan fingerprint density at radius 3 is 2.58 bits per heavy atom. The molecule has 6 nitrogen and oxygen atoms in total. The van der Waals surface area contributed by atoms with E-state index in [0.29, 0.717) is 12.4 Å². The molecule has 1 rings (SSSR count). The number of nitrogens with zero attached hydrogens (tertiary/aromatic N) is 1. The van der Waals surface area contributed by atoms with Crippen LogP contribution in [0.2, 0.25) is 0 Å². The van der Waals surface area contributed by atoms with Crippen LogP contribution >= 0.6 is 11.6 Å². The number of alkyl halides is 1. The molecule has 0 spiro atoms. The fourth-order valence-corrected chi connectivity index (χ4v) is 1.74. The summed E-state index contributed by atoms with van der Waals surface area (Å²) in [4.78, 5) is 10.1. The molecule has 0 heterocycles. The Morgan fingerprint density at radius 1 is 1.32 bits per heavy atom. The van der Waals surface area contributed by atoms with Gasteiger partial charge in [-0.2, -0.15) is 0 Å². The second kappa shape index (κ2) is 8.82. The molecular formula is C12H18ClN3O3. The van der Waals surface area contributed by atoms with E-state index in [-0.39, 0.29) is 13.1 Å². The summed E-state index contributed by atoms with van der Waals surface area (Å²) < 4.78 is 0. The second-order valence-corrected chi connectivity index (χ2v) is 4.42. The molecule has 0 aromatic heterocycles. The predicted molar refractivity (Wildman–Crippen MR) is 73.8 cm³/mol. The first-order chi connectivity index (χ1) is 9.13. The lowest BCUT2D eigenvalue weighted by Crippen LogP contribution is -2.49. The monoisotopic (exact) mass is 287 g/mol. The van der Waals surface area contributed by atoms with Crippen LogP contribution in [-0.2, 0) is 0 Å². The Labute approximate surface area is 116 Å². The molecule has 0 aliphatic rings. The quantitative estimate of drug-likeness (QED) is 0.270. The highest BCUT2D eigenvalue weighted by Gasteiger charge is 2.16. The van der Waals surface area contributed by atoms with Crippen molar-refractivity contribution >= 4 is 11.6 Å². The summed E-state index contributed by atoms with van der Waals surface area (Å²) in [7, 11) is 0. The van der Waals surface area contributed by atoms with Crippen molar-refractivity contribution in [2.45, 2.75) is 12.3 Å². The highest BCUT2D eigenvalue weighted by Crippen LogP contribution is 2.10. The van der Waals surface area contributed by atoms with Crippen LogP contribution in [0.1, 0.15) is 11.7 Å². The Balaban J connectivity index is 2.43. The van der Waals surface area contributed by atoms with Crippen LogP contribution < -0.4 is 10.6 Å². The van der Waals surface area contributed by atoms with E-state index in [0.717, 1.165) is 5.56 Å². The average Bonchev–Trinajstić information content (AvgIpc) is 2.42. The number of hydrogen-bond donors (Lipinski definition) is 3. The van der Waals surface area contributed by atoms with Gasteiger partial charge in [0.15, 0.2) is 0 Å². The number of aliphatic hydroxyl groups is 1. The van der Waals surface area contributed by atoms with Crippen LogP contribution in [0, 0.1) is 10.1 Å². The number of hydrogen-bond acceptors (Lipinski definition) is 5. The molecule has 1 aromatic carbocycles. The molecule has 0 fully saturated rings.